The number of pyridine rings is 4. The van der Waals surface area contributed by atoms with Crippen LogP contribution in [0.25, 0.3) is 137 Å². The van der Waals surface area contributed by atoms with Crippen molar-refractivity contribution in [3.8, 4) is 63.8 Å². The molecule has 0 bridgehead atoms. The van der Waals surface area contributed by atoms with Gasteiger partial charge in [0.1, 0.15) is 0 Å². The molecule has 3 N–H and O–H groups in total. The third-order valence-electron chi connectivity index (χ3n) is 16.8. The van der Waals surface area contributed by atoms with Crippen LogP contribution in [-0.4, -0.2) is 96.1 Å². The van der Waals surface area contributed by atoms with Gasteiger partial charge in [-0.25, -0.2) is 0 Å². The SMILES string of the molecule is CC(=O)C=C(C)O.CC(=O)C=C(C)O.CC(=O)C=C(C)O.Cc1[c-]c(-c2cc3[se]c(-c4ccc(F)cc4)cc3cn2)cc(C(C)(C)C)c1.Cc1ccc2c(n1)oc1c(-c3cc4[se]c(-c5ccccc5)cc4cn3)[c-]ccc12.Cc1cccc(C)c1-c1cc2cnc(-c3[c-]ccc4c3oc3ccccc34)cc2[se]1.[Ir].[Ir].[Ir]. The first-order chi connectivity index (χ1) is 51.1. The average Bonchev–Trinajstić information content (AvgIpc) is 1.62. The molecule has 3 radical (unpaired) electrons. The maximum Gasteiger partial charge on any atom is 0 e. The van der Waals surface area contributed by atoms with Crippen LogP contribution in [0.5, 0.6) is 0 Å². The zero-order valence-corrected chi connectivity index (χ0v) is 74.9. The van der Waals surface area contributed by atoms with Crippen molar-refractivity contribution in [1.29, 1.82) is 0 Å². The maximum atomic E-state index is 13.2. The Labute approximate surface area is 697 Å². The number of carbonyl (C=O) groups excluding carboxylic acids is 3. The Hall–Kier alpha value is -8.97. The molecule has 0 amide bonds. The monoisotopic (exact) mass is 2190 g/mol. The number of furan rings is 2. The Morgan fingerprint density at radius 3 is 1.43 bits per heavy atom. The van der Waals surface area contributed by atoms with Crippen molar-refractivity contribution >= 4 is 134 Å². The van der Waals surface area contributed by atoms with E-state index in [1.807, 2.05) is 80.1 Å². The first kappa shape index (κ1) is 86.6. The molecular weight excluding hydrogens is 2110 g/mol. The number of nitrogens with zero attached hydrogens (tertiary/aromatic N) is 4. The number of allylic oxidation sites excluding steroid dienone is 6. The number of fused-ring (bicyclic) bond motifs is 9. The van der Waals surface area contributed by atoms with Gasteiger partial charge in [-0.05, 0) is 41.5 Å². The largest absolute Gasteiger partial charge is 0 e. The summed E-state index contributed by atoms with van der Waals surface area (Å²) in [6, 6.07) is 72.1. The van der Waals surface area contributed by atoms with E-state index in [0.29, 0.717) is 5.71 Å². The fourth-order valence-electron chi connectivity index (χ4n) is 12.0. The minimum atomic E-state index is -0.198. The third-order valence-corrected chi connectivity index (χ3v) is 23.9. The molecule has 0 unspecified atom stereocenters. The van der Waals surface area contributed by atoms with E-state index in [2.05, 4.69) is 180 Å². The van der Waals surface area contributed by atoms with E-state index in [-0.39, 0.29) is 150 Å². The Kier molecular flexibility index (Phi) is 30.5. The minimum Gasteiger partial charge on any atom is 0 e. The van der Waals surface area contributed by atoms with Crippen molar-refractivity contribution < 1.29 is 103 Å². The van der Waals surface area contributed by atoms with Gasteiger partial charge in [-0.3, -0.25) is 14.4 Å². The molecule has 0 saturated heterocycles. The molecule has 0 aliphatic heterocycles. The van der Waals surface area contributed by atoms with E-state index < -0.39 is 0 Å². The second-order valence-electron chi connectivity index (χ2n) is 26.9. The number of para-hydroxylation sites is 1. The van der Waals surface area contributed by atoms with Crippen molar-refractivity contribution in [3.05, 3.63) is 288 Å². The number of aromatic nitrogens is 4. The summed E-state index contributed by atoms with van der Waals surface area (Å²) in [6.45, 7) is 23.7. The standard InChI is InChI=1S/C27H18NOSe.C25H15N2OSe.C24H21FNSe.3C5H8O2.3Ir/c1-16-7-5-8-17(2)26(16)25-13-18-15-28-22(14-24(18)30-25)21-11-6-10-20-19-9-3-4-12-23(19)29-27(20)21;1-15-10-11-19-18-8-5-9-20(24(18)28-25(19)27-15)21-13-23-17(14-26-21)12-22(29-23)16-6-3-2-4-7-16;1-15-9-17(11-19(10-15)24(2,3)4)21-13-23-18(14-26-21)12-22(27-23)16-5-7-20(25)8-6-16;3*1-4(6)3-5(2)7;;;/h3-10,12-15H,1-2H3;2-8,10-14H,1H3;5-8,10-14H,1-4H3;3*3,6H,1-2H3;;;/q3*-1;;;;;;. The summed E-state index contributed by atoms with van der Waals surface area (Å²) >= 11 is 0.710. The number of aliphatic hydroxyl groups is 3. The number of aliphatic hydroxyl groups excluding tert-OH is 3. The first-order valence-corrected chi connectivity index (χ1v) is 39.5. The number of hydrogen-bond acceptors (Lipinski definition) is 12. The normalized spacial score (nSPS) is 11.3. The van der Waals surface area contributed by atoms with Crippen LogP contribution in [0.4, 0.5) is 4.39 Å². The number of ketones is 3. The van der Waals surface area contributed by atoms with Gasteiger partial charge in [0.2, 0.25) is 0 Å². The van der Waals surface area contributed by atoms with Crippen LogP contribution in [0.1, 0.15) is 90.3 Å². The molecule has 9 aromatic heterocycles. The van der Waals surface area contributed by atoms with Crippen molar-refractivity contribution in [2.24, 2.45) is 0 Å². The smallest absolute Gasteiger partial charge is 0 e. The summed E-state index contributed by atoms with van der Waals surface area (Å²) < 4.78 is 33.6. The van der Waals surface area contributed by atoms with E-state index in [1.54, 1.807) is 0 Å². The molecule has 16 aromatic rings. The molecule has 0 fully saturated rings. The van der Waals surface area contributed by atoms with Gasteiger partial charge in [-0.15, -0.1) is 0 Å². The van der Waals surface area contributed by atoms with E-state index >= 15 is 0 Å². The molecule has 0 saturated carbocycles. The fraction of sp³-hybridized carbons (Fsp3) is 0.154. The number of benzene rings is 7. The molecule has 565 valence electrons. The molecule has 19 heteroatoms. The summed E-state index contributed by atoms with van der Waals surface area (Å²) in [5.74, 6) is -0.386. The van der Waals surface area contributed by atoms with Crippen molar-refractivity contribution in [2.75, 3.05) is 0 Å². The molecule has 0 aliphatic carbocycles. The van der Waals surface area contributed by atoms with Crippen molar-refractivity contribution in [2.45, 2.75) is 95.4 Å². The predicted octanol–water partition coefficient (Wildman–Crippen LogP) is 22.2. The molecule has 7 aromatic carbocycles. The third kappa shape index (κ3) is 22.0. The number of rotatable bonds is 9. The van der Waals surface area contributed by atoms with Crippen molar-refractivity contribution in [3.63, 3.8) is 0 Å². The van der Waals surface area contributed by atoms with Gasteiger partial charge in [-0.1, -0.05) is 0 Å². The van der Waals surface area contributed by atoms with E-state index in [9.17, 15) is 18.8 Å². The number of carbonyl (C=O) groups is 3. The summed E-state index contributed by atoms with van der Waals surface area (Å²) in [7, 11) is 0. The van der Waals surface area contributed by atoms with Gasteiger partial charge in [0.25, 0.3) is 0 Å². The molecule has 9 heterocycles. The molecule has 16 rings (SSSR count). The second kappa shape index (κ2) is 38.8. The Balaban J connectivity index is 0.000000181. The molecule has 12 nitrogen and oxygen atoms in total. The molecule has 0 aliphatic rings. The number of hydrogen-bond donors (Lipinski definition) is 3. The van der Waals surface area contributed by atoms with Crippen LogP contribution in [0.15, 0.2) is 245 Å². The van der Waals surface area contributed by atoms with E-state index in [4.69, 9.17) is 39.1 Å². The van der Waals surface area contributed by atoms with Crippen molar-refractivity contribution in [1.82, 2.24) is 19.9 Å². The van der Waals surface area contributed by atoms with Gasteiger partial charge in [0, 0.05) is 78.5 Å². The maximum absolute atomic E-state index is 13.2. The van der Waals surface area contributed by atoms with Gasteiger partial charge in [0.05, 0.1) is 17.3 Å². The Morgan fingerprint density at radius 1 is 0.473 bits per heavy atom. The average molecular weight is 2190 g/mol. The molecule has 0 atom stereocenters. The zero-order valence-electron chi connectivity index (χ0n) is 62.6. The quantitative estimate of drug-likeness (QED) is 0.0537. The van der Waals surface area contributed by atoms with E-state index in [0.717, 1.165) is 88.9 Å². The Bertz CT molecular complexity index is 5990. The van der Waals surface area contributed by atoms with Crippen LogP contribution >= 0.6 is 0 Å². The van der Waals surface area contributed by atoms with E-state index in [1.165, 1.54) is 142 Å². The minimum absolute atomic E-state index is 0. The van der Waals surface area contributed by atoms with Crippen LogP contribution < -0.4 is 0 Å². The van der Waals surface area contributed by atoms with Gasteiger partial charge < -0.3 is 15.3 Å². The fourth-order valence-corrected chi connectivity index (χ4v) is 19.1. The summed E-state index contributed by atoms with van der Waals surface area (Å²) in [4.78, 5) is 48.8. The summed E-state index contributed by atoms with van der Waals surface area (Å²) in [5, 5.41) is 33.0. The first-order valence-electron chi connectivity index (χ1n) is 34.4. The molecular formula is C91H78FIr3N4O8Se3-3. The van der Waals surface area contributed by atoms with Crippen LogP contribution in [0.2, 0.25) is 0 Å². The van der Waals surface area contributed by atoms with Crippen LogP contribution in [0.3, 0.4) is 0 Å². The zero-order chi connectivity index (χ0) is 76.4. The second-order valence-corrected chi connectivity index (χ2v) is 33.7. The summed E-state index contributed by atoms with van der Waals surface area (Å²) in [5.41, 5.74) is 18.8. The summed E-state index contributed by atoms with van der Waals surface area (Å²) in [6.07, 6.45) is 9.43. The van der Waals surface area contributed by atoms with Gasteiger partial charge >= 0.3 is 520 Å². The topological polar surface area (TPSA) is 190 Å². The number of aryl methyl sites for hydroxylation is 4. The van der Waals surface area contributed by atoms with Crippen LogP contribution in [-0.2, 0) is 80.1 Å². The van der Waals surface area contributed by atoms with Crippen LogP contribution in [0, 0.1) is 51.7 Å². The number of halogens is 1. The Morgan fingerprint density at radius 2 is 0.927 bits per heavy atom. The van der Waals surface area contributed by atoms with Gasteiger partial charge in [-0.2, -0.15) is 0 Å². The molecule has 110 heavy (non-hydrogen) atoms. The van der Waals surface area contributed by atoms with Gasteiger partial charge in [0.15, 0.2) is 17.3 Å². The predicted molar refractivity (Wildman–Crippen MR) is 436 cm³/mol. The molecule has 0 spiro atoms.